The molecular formula is C23H33N3O2S. The first kappa shape index (κ1) is 19.5. The van der Waals surface area contributed by atoms with Crippen LogP contribution < -0.4 is 0 Å². The molecule has 2 saturated heterocycles. The van der Waals surface area contributed by atoms with E-state index in [2.05, 4.69) is 21.7 Å². The van der Waals surface area contributed by atoms with Gasteiger partial charge in [-0.25, -0.2) is 4.98 Å². The average molecular weight is 416 g/mol. The van der Waals surface area contributed by atoms with E-state index in [9.17, 15) is 9.59 Å². The third-order valence-electron chi connectivity index (χ3n) is 8.14. The minimum atomic E-state index is -0.160. The number of amides is 2. The van der Waals surface area contributed by atoms with Crippen LogP contribution in [0.1, 0.15) is 87.2 Å². The number of thiazole rings is 1. The zero-order valence-electron chi connectivity index (χ0n) is 17.6. The lowest BCUT2D eigenvalue weighted by atomic mass is 9.67. The number of piperidine rings is 1. The summed E-state index contributed by atoms with van der Waals surface area (Å²) in [6.45, 7) is 3.70. The van der Waals surface area contributed by atoms with Gasteiger partial charge < -0.3 is 9.80 Å². The highest BCUT2D eigenvalue weighted by molar-refractivity contribution is 7.09. The first-order valence-electron chi connectivity index (χ1n) is 11.6. The SMILES string of the molecule is Cc1ncsc1C1N(C2CCN(C(=O)CC3CCCC3)CC2)C(=O)C12CCCC2. The second-order valence-corrected chi connectivity index (χ2v) is 10.6. The number of rotatable bonds is 4. The van der Waals surface area contributed by atoms with Crippen LogP contribution in [-0.4, -0.2) is 45.7 Å². The van der Waals surface area contributed by atoms with Gasteiger partial charge in [-0.15, -0.1) is 11.3 Å². The van der Waals surface area contributed by atoms with Crippen LogP contribution in [0.2, 0.25) is 0 Å². The van der Waals surface area contributed by atoms with Crippen molar-refractivity contribution in [1.82, 2.24) is 14.8 Å². The zero-order chi connectivity index (χ0) is 20.0. The van der Waals surface area contributed by atoms with Gasteiger partial charge in [0.2, 0.25) is 11.8 Å². The molecule has 2 aliphatic heterocycles. The highest BCUT2D eigenvalue weighted by Gasteiger charge is 2.64. The van der Waals surface area contributed by atoms with Gasteiger partial charge in [0, 0.05) is 25.6 Å². The molecule has 0 radical (unpaired) electrons. The third kappa shape index (κ3) is 3.22. The van der Waals surface area contributed by atoms with Crippen LogP contribution in [0.3, 0.4) is 0 Å². The van der Waals surface area contributed by atoms with Crippen LogP contribution in [0.15, 0.2) is 5.51 Å². The predicted molar refractivity (Wildman–Crippen MR) is 114 cm³/mol. The second kappa shape index (κ2) is 7.68. The van der Waals surface area contributed by atoms with E-state index in [0.717, 1.165) is 50.9 Å². The Kier molecular flexibility index (Phi) is 5.17. The smallest absolute Gasteiger partial charge is 0.232 e. The number of β-lactam (4-membered cyclic amide) rings is 1. The Balaban J connectivity index is 1.26. The third-order valence-corrected chi connectivity index (χ3v) is 9.12. The number of aryl methyl sites for hydroxylation is 1. The monoisotopic (exact) mass is 415 g/mol. The van der Waals surface area contributed by atoms with E-state index in [-0.39, 0.29) is 17.5 Å². The van der Waals surface area contributed by atoms with Crippen molar-refractivity contribution in [3.8, 4) is 0 Å². The molecule has 0 aromatic carbocycles. The molecule has 1 unspecified atom stereocenters. The number of hydrogen-bond acceptors (Lipinski definition) is 4. The summed E-state index contributed by atoms with van der Waals surface area (Å²) in [5.41, 5.74) is 2.86. The fourth-order valence-electron chi connectivity index (χ4n) is 6.50. The van der Waals surface area contributed by atoms with Crippen LogP contribution >= 0.6 is 11.3 Å². The first-order chi connectivity index (χ1) is 14.1. The van der Waals surface area contributed by atoms with Crippen LogP contribution in [0.5, 0.6) is 0 Å². The lowest BCUT2D eigenvalue weighted by Gasteiger charge is -2.58. The van der Waals surface area contributed by atoms with Gasteiger partial charge >= 0.3 is 0 Å². The molecule has 29 heavy (non-hydrogen) atoms. The molecule has 5 rings (SSSR count). The normalized spacial score (nSPS) is 27.8. The maximum Gasteiger partial charge on any atom is 0.232 e. The second-order valence-electron chi connectivity index (χ2n) is 9.75. The molecule has 0 bridgehead atoms. The maximum atomic E-state index is 13.4. The maximum absolute atomic E-state index is 13.4. The van der Waals surface area contributed by atoms with Crippen LogP contribution in [-0.2, 0) is 9.59 Å². The van der Waals surface area contributed by atoms with Gasteiger partial charge in [-0.2, -0.15) is 0 Å². The molecule has 2 saturated carbocycles. The van der Waals surface area contributed by atoms with Crippen molar-refractivity contribution >= 4 is 23.2 Å². The van der Waals surface area contributed by atoms with Crippen molar-refractivity contribution in [2.75, 3.05) is 13.1 Å². The van der Waals surface area contributed by atoms with E-state index in [4.69, 9.17) is 0 Å². The molecule has 0 N–H and O–H groups in total. The summed E-state index contributed by atoms with van der Waals surface area (Å²) in [6, 6.07) is 0.492. The first-order valence-corrected chi connectivity index (χ1v) is 12.5. The molecule has 1 aromatic rings. The highest BCUT2D eigenvalue weighted by atomic mass is 32.1. The quantitative estimate of drug-likeness (QED) is 0.682. The molecule has 4 fully saturated rings. The number of likely N-dealkylation sites (tertiary alicyclic amines) is 2. The number of carbonyl (C=O) groups is 2. The summed E-state index contributed by atoms with van der Waals surface area (Å²) >= 11 is 1.72. The van der Waals surface area contributed by atoms with E-state index in [0.29, 0.717) is 17.7 Å². The lowest BCUT2D eigenvalue weighted by molar-refractivity contribution is -0.180. The Morgan fingerprint density at radius 3 is 2.45 bits per heavy atom. The predicted octanol–water partition coefficient (Wildman–Crippen LogP) is 4.47. The van der Waals surface area contributed by atoms with Gasteiger partial charge in [-0.3, -0.25) is 9.59 Å². The Labute approximate surface area is 177 Å². The van der Waals surface area contributed by atoms with Crippen molar-refractivity contribution in [1.29, 1.82) is 0 Å². The van der Waals surface area contributed by atoms with Gasteiger partial charge in [-0.05, 0) is 51.4 Å². The lowest BCUT2D eigenvalue weighted by Crippen LogP contribution is -2.66. The van der Waals surface area contributed by atoms with Gasteiger partial charge in [0.15, 0.2) is 0 Å². The number of carbonyl (C=O) groups excluding carboxylic acids is 2. The van der Waals surface area contributed by atoms with Crippen LogP contribution in [0, 0.1) is 18.3 Å². The molecule has 1 spiro atoms. The van der Waals surface area contributed by atoms with E-state index in [1.54, 1.807) is 11.3 Å². The Morgan fingerprint density at radius 1 is 1.14 bits per heavy atom. The molecule has 158 valence electrons. The van der Waals surface area contributed by atoms with Gasteiger partial charge in [-0.1, -0.05) is 25.7 Å². The molecule has 5 nitrogen and oxygen atoms in total. The summed E-state index contributed by atoms with van der Waals surface area (Å²) in [4.78, 5) is 36.1. The average Bonchev–Trinajstić information content (AvgIpc) is 3.49. The molecule has 4 aliphatic rings. The number of hydrogen-bond donors (Lipinski definition) is 0. The molecule has 2 amide bonds. The van der Waals surface area contributed by atoms with Crippen LogP contribution in [0.4, 0.5) is 0 Å². The Bertz CT molecular complexity index is 771. The van der Waals surface area contributed by atoms with Crippen molar-refractivity contribution < 1.29 is 9.59 Å². The van der Waals surface area contributed by atoms with Crippen LogP contribution in [0.25, 0.3) is 0 Å². The fourth-order valence-corrected chi connectivity index (χ4v) is 7.51. The molecule has 1 atom stereocenters. The van der Waals surface area contributed by atoms with E-state index in [1.807, 2.05) is 5.51 Å². The topological polar surface area (TPSA) is 53.5 Å². The zero-order valence-corrected chi connectivity index (χ0v) is 18.4. The highest BCUT2D eigenvalue weighted by Crippen LogP contribution is 2.61. The van der Waals surface area contributed by atoms with E-state index >= 15 is 0 Å². The van der Waals surface area contributed by atoms with Crippen molar-refractivity contribution in [2.24, 2.45) is 11.3 Å². The summed E-state index contributed by atoms with van der Waals surface area (Å²) in [7, 11) is 0. The molecule has 6 heteroatoms. The minimum Gasteiger partial charge on any atom is -0.343 e. The fraction of sp³-hybridized carbons (Fsp3) is 0.783. The summed E-state index contributed by atoms with van der Waals surface area (Å²) < 4.78 is 0. The summed E-state index contributed by atoms with van der Waals surface area (Å²) in [5.74, 6) is 1.33. The van der Waals surface area contributed by atoms with E-state index in [1.165, 1.54) is 43.4 Å². The largest absolute Gasteiger partial charge is 0.343 e. The summed E-state index contributed by atoms with van der Waals surface area (Å²) in [5, 5.41) is 0. The van der Waals surface area contributed by atoms with Gasteiger partial charge in [0.05, 0.1) is 27.5 Å². The standard InChI is InChI=1S/C23H33N3O2S/c1-16-20(29-15-24-16)21-23(10-4-5-11-23)22(28)26(21)18-8-12-25(13-9-18)19(27)14-17-6-2-3-7-17/h15,17-18,21H,2-14H2,1H3. The Hall–Kier alpha value is -1.43. The molecule has 1 aromatic heterocycles. The molecule has 2 aliphatic carbocycles. The number of nitrogens with zero attached hydrogens (tertiary/aromatic N) is 3. The Morgan fingerprint density at radius 2 is 1.83 bits per heavy atom. The number of aromatic nitrogens is 1. The van der Waals surface area contributed by atoms with Gasteiger partial charge in [0.25, 0.3) is 0 Å². The summed E-state index contributed by atoms with van der Waals surface area (Å²) in [6.07, 6.45) is 12.0. The van der Waals surface area contributed by atoms with Gasteiger partial charge in [0.1, 0.15) is 0 Å². The van der Waals surface area contributed by atoms with Crippen molar-refractivity contribution in [2.45, 2.75) is 89.6 Å². The van der Waals surface area contributed by atoms with Crippen molar-refractivity contribution in [3.05, 3.63) is 16.1 Å². The molecular weight excluding hydrogens is 382 g/mol. The minimum absolute atomic E-state index is 0.160. The van der Waals surface area contributed by atoms with E-state index < -0.39 is 0 Å². The molecule has 3 heterocycles. The van der Waals surface area contributed by atoms with Crippen molar-refractivity contribution in [3.63, 3.8) is 0 Å².